The molecule has 19 heavy (non-hydrogen) atoms. The van der Waals surface area contributed by atoms with E-state index in [9.17, 15) is 17.6 Å². The molecule has 0 amide bonds. The quantitative estimate of drug-likeness (QED) is 0.668. The van der Waals surface area contributed by atoms with Crippen molar-refractivity contribution in [2.75, 3.05) is 0 Å². The van der Waals surface area contributed by atoms with Gasteiger partial charge in [-0.15, -0.1) is 0 Å². The number of benzene rings is 2. The predicted molar refractivity (Wildman–Crippen MR) is 66.1 cm³/mol. The van der Waals surface area contributed by atoms with Gasteiger partial charge in [0.05, 0.1) is 5.56 Å². The van der Waals surface area contributed by atoms with Crippen molar-refractivity contribution in [2.24, 2.45) is 0 Å². The van der Waals surface area contributed by atoms with Crippen LogP contribution < -0.4 is 0 Å². The molecule has 0 aliphatic rings. The largest absolute Gasteiger partial charge is 0.276 e. The fraction of sp³-hybridized carbons (Fsp3) is 0.200. The summed E-state index contributed by atoms with van der Waals surface area (Å²) in [6.07, 6.45) is 0. The first-order chi connectivity index (χ1) is 8.79. The van der Waals surface area contributed by atoms with Gasteiger partial charge in [-0.25, -0.2) is 17.6 Å². The van der Waals surface area contributed by atoms with Gasteiger partial charge in [0.15, 0.2) is 0 Å². The van der Waals surface area contributed by atoms with Crippen LogP contribution in [0.5, 0.6) is 0 Å². The van der Waals surface area contributed by atoms with Crippen molar-refractivity contribution >= 4 is 0 Å². The topological polar surface area (TPSA) is 0 Å². The minimum absolute atomic E-state index is 0.239. The van der Waals surface area contributed by atoms with Gasteiger partial charge < -0.3 is 0 Å². The van der Waals surface area contributed by atoms with Crippen LogP contribution in [0.15, 0.2) is 36.4 Å². The highest BCUT2D eigenvalue weighted by Crippen LogP contribution is 2.34. The van der Waals surface area contributed by atoms with E-state index in [4.69, 9.17) is 0 Å². The number of aryl methyl sites for hydroxylation is 1. The molecule has 2 rings (SSSR count). The average Bonchev–Trinajstić information content (AvgIpc) is 2.26. The molecule has 2 aromatic carbocycles. The Balaban J connectivity index is 2.54. The Kier molecular flexibility index (Phi) is 3.35. The Bertz CT molecular complexity index is 572. The molecule has 0 aliphatic carbocycles. The Morgan fingerprint density at radius 1 is 0.842 bits per heavy atom. The van der Waals surface area contributed by atoms with E-state index < -0.39 is 23.1 Å². The van der Waals surface area contributed by atoms with Gasteiger partial charge in [-0.3, -0.25) is 0 Å². The molecule has 0 atom stereocenters. The van der Waals surface area contributed by atoms with E-state index in [0.29, 0.717) is 12.5 Å². The third-order valence-electron chi connectivity index (χ3n) is 2.87. The number of hydrogen-bond donors (Lipinski definition) is 0. The molecule has 0 N–H and O–H groups in total. The highest BCUT2D eigenvalue weighted by Gasteiger charge is 2.32. The summed E-state index contributed by atoms with van der Waals surface area (Å²) >= 11 is 0. The molecular formula is C15H12F4. The second kappa shape index (κ2) is 4.68. The first kappa shape index (κ1) is 13.6. The van der Waals surface area contributed by atoms with Crippen LogP contribution in [0.4, 0.5) is 17.6 Å². The second-order valence-corrected chi connectivity index (χ2v) is 4.57. The lowest BCUT2D eigenvalue weighted by molar-refractivity contribution is 0.00988. The lowest BCUT2D eigenvalue weighted by Crippen LogP contribution is -2.13. The number of hydrogen-bond acceptors (Lipinski definition) is 0. The monoisotopic (exact) mass is 268 g/mol. The van der Waals surface area contributed by atoms with Crippen molar-refractivity contribution in [3.05, 3.63) is 59.2 Å². The van der Waals surface area contributed by atoms with Crippen molar-refractivity contribution in [1.82, 2.24) is 0 Å². The molecule has 0 aromatic heterocycles. The summed E-state index contributed by atoms with van der Waals surface area (Å²) in [6, 6.07) is 8.81. The molecule has 0 aliphatic heterocycles. The molecule has 4 heteroatoms. The third kappa shape index (κ3) is 2.78. The molecule has 0 unspecified atom stereocenters. The zero-order chi connectivity index (χ0) is 14.2. The van der Waals surface area contributed by atoms with Crippen molar-refractivity contribution in [2.45, 2.75) is 19.8 Å². The summed E-state index contributed by atoms with van der Waals surface area (Å²) in [4.78, 5) is 0. The molecule has 0 radical (unpaired) electrons. The van der Waals surface area contributed by atoms with Crippen LogP contribution in [0.2, 0.25) is 0 Å². The van der Waals surface area contributed by atoms with Crippen LogP contribution >= 0.6 is 0 Å². The predicted octanol–water partition coefficient (Wildman–Crippen LogP) is 5.05. The minimum atomic E-state index is -3.54. The van der Waals surface area contributed by atoms with Gasteiger partial charge in [0.25, 0.3) is 5.92 Å². The van der Waals surface area contributed by atoms with Crippen molar-refractivity contribution in [3.63, 3.8) is 0 Å². The zero-order valence-electron chi connectivity index (χ0n) is 10.5. The van der Waals surface area contributed by atoms with E-state index in [-0.39, 0.29) is 5.56 Å². The maximum atomic E-state index is 13.7. The summed E-state index contributed by atoms with van der Waals surface area (Å²) < 4.78 is 53.5. The number of rotatable bonds is 2. The average molecular weight is 268 g/mol. The molecule has 0 bridgehead atoms. The van der Waals surface area contributed by atoms with Crippen molar-refractivity contribution in [3.8, 4) is 11.1 Å². The standard InChI is InChI=1S/C15H12F4/c1-9-3-5-10(6-4-9)11-7-12(16)14(13(17)8-11)15(2,18)19/h3-8H,1-2H3. The molecule has 2 aromatic rings. The van der Waals surface area contributed by atoms with Gasteiger partial charge in [-0.1, -0.05) is 29.8 Å². The van der Waals surface area contributed by atoms with Crippen LogP contribution in [0.1, 0.15) is 18.1 Å². The molecule has 0 heterocycles. The highest BCUT2D eigenvalue weighted by molar-refractivity contribution is 5.64. The fourth-order valence-electron chi connectivity index (χ4n) is 1.91. The van der Waals surface area contributed by atoms with E-state index in [0.717, 1.165) is 17.7 Å². The molecule has 100 valence electrons. The SMILES string of the molecule is Cc1ccc(-c2cc(F)c(C(C)(F)F)c(F)c2)cc1. The summed E-state index contributed by atoms with van der Waals surface area (Å²) in [7, 11) is 0. The molecule has 0 fully saturated rings. The van der Waals surface area contributed by atoms with Gasteiger partial charge in [0.1, 0.15) is 11.6 Å². The summed E-state index contributed by atoms with van der Waals surface area (Å²) in [5, 5.41) is 0. The Morgan fingerprint density at radius 2 is 1.32 bits per heavy atom. The van der Waals surface area contributed by atoms with Crippen molar-refractivity contribution < 1.29 is 17.6 Å². The Morgan fingerprint density at radius 3 is 1.74 bits per heavy atom. The van der Waals surface area contributed by atoms with Gasteiger partial charge in [0.2, 0.25) is 0 Å². The third-order valence-corrected chi connectivity index (χ3v) is 2.87. The Hall–Kier alpha value is -1.84. The van der Waals surface area contributed by atoms with Crippen LogP contribution in [-0.4, -0.2) is 0 Å². The highest BCUT2D eigenvalue weighted by atomic mass is 19.3. The first-order valence-electron chi connectivity index (χ1n) is 5.73. The van der Waals surface area contributed by atoms with E-state index in [2.05, 4.69) is 0 Å². The van der Waals surface area contributed by atoms with Gasteiger partial charge in [-0.2, -0.15) is 0 Å². The lowest BCUT2D eigenvalue weighted by atomic mass is 10.00. The second-order valence-electron chi connectivity index (χ2n) is 4.57. The van der Waals surface area contributed by atoms with Crippen LogP contribution in [-0.2, 0) is 5.92 Å². The maximum absolute atomic E-state index is 13.7. The first-order valence-corrected chi connectivity index (χ1v) is 5.73. The number of alkyl halides is 2. The van der Waals surface area contributed by atoms with Gasteiger partial charge >= 0.3 is 0 Å². The smallest absolute Gasteiger partial charge is 0.206 e. The zero-order valence-corrected chi connectivity index (χ0v) is 10.5. The maximum Gasteiger partial charge on any atom is 0.276 e. The lowest BCUT2D eigenvalue weighted by Gasteiger charge is -2.14. The summed E-state index contributed by atoms with van der Waals surface area (Å²) in [6.45, 7) is 2.35. The van der Waals surface area contributed by atoms with E-state index in [1.807, 2.05) is 6.92 Å². The number of halogens is 4. The van der Waals surface area contributed by atoms with Crippen LogP contribution in [0.25, 0.3) is 11.1 Å². The minimum Gasteiger partial charge on any atom is -0.206 e. The van der Waals surface area contributed by atoms with Gasteiger partial charge in [0, 0.05) is 6.92 Å². The Labute approximate surface area is 108 Å². The normalized spacial score (nSPS) is 11.7. The molecule has 0 nitrogen and oxygen atoms in total. The van der Waals surface area contributed by atoms with Crippen LogP contribution in [0, 0.1) is 18.6 Å². The van der Waals surface area contributed by atoms with E-state index >= 15 is 0 Å². The van der Waals surface area contributed by atoms with Crippen LogP contribution in [0.3, 0.4) is 0 Å². The molecule has 0 saturated carbocycles. The summed E-state index contributed by atoms with van der Waals surface area (Å²) in [5.74, 6) is -6.01. The summed E-state index contributed by atoms with van der Waals surface area (Å²) in [5.41, 5.74) is 0.627. The van der Waals surface area contributed by atoms with E-state index in [1.165, 1.54) is 0 Å². The molecule has 0 spiro atoms. The van der Waals surface area contributed by atoms with Crippen molar-refractivity contribution in [1.29, 1.82) is 0 Å². The fourth-order valence-corrected chi connectivity index (χ4v) is 1.91. The van der Waals surface area contributed by atoms with Gasteiger partial charge in [-0.05, 0) is 30.2 Å². The van der Waals surface area contributed by atoms with E-state index in [1.54, 1.807) is 24.3 Å². The molecular weight excluding hydrogens is 256 g/mol. The molecule has 0 saturated heterocycles.